The molecular formula is C46H61N5O8. The van der Waals surface area contributed by atoms with Gasteiger partial charge in [0.2, 0.25) is 0 Å². The van der Waals surface area contributed by atoms with E-state index in [1.165, 1.54) is 89.2 Å². The largest absolute Gasteiger partial charge is 0.390 e. The van der Waals surface area contributed by atoms with Crippen molar-refractivity contribution < 1.29 is 40.6 Å². The van der Waals surface area contributed by atoms with E-state index in [9.17, 15) is 24.3 Å². The van der Waals surface area contributed by atoms with Gasteiger partial charge >= 0.3 is 0 Å². The molecule has 2 heterocycles. The third-order valence-electron chi connectivity index (χ3n) is 16.0. The first kappa shape index (κ1) is 40.5. The number of carbonyl (C=O) groups excluding carboxylic acids is 4. The Kier molecular flexibility index (Phi) is 10.7. The first-order valence-corrected chi connectivity index (χ1v) is 22.1. The minimum absolute atomic E-state index is 0. The Morgan fingerprint density at radius 3 is 1.07 bits per heavy atom. The van der Waals surface area contributed by atoms with E-state index in [0.717, 1.165) is 96.8 Å². The molecule has 12 bridgehead atoms. The molecule has 0 spiro atoms. The van der Waals surface area contributed by atoms with Gasteiger partial charge in [-0.1, -0.05) is 24.3 Å². The summed E-state index contributed by atoms with van der Waals surface area (Å²) in [5.74, 6) is 11.2. The second-order valence-corrected chi connectivity index (χ2v) is 20.5. The highest BCUT2D eigenvalue weighted by Gasteiger charge is 2.55. The molecule has 59 heavy (non-hydrogen) atoms. The fourth-order valence-corrected chi connectivity index (χ4v) is 15.0. The van der Waals surface area contributed by atoms with Crippen molar-refractivity contribution in [3.05, 3.63) is 70.8 Å². The van der Waals surface area contributed by atoms with Crippen molar-refractivity contribution in [2.75, 3.05) is 0 Å². The van der Waals surface area contributed by atoms with Gasteiger partial charge in [0, 0.05) is 1.43 Å². The molecule has 2 aliphatic heterocycles. The minimum Gasteiger partial charge on any atom is -0.390 e. The van der Waals surface area contributed by atoms with Crippen LogP contribution in [0.25, 0.3) is 0 Å². The summed E-state index contributed by atoms with van der Waals surface area (Å²) in [6, 6.07) is 13.3. The molecule has 2 aromatic carbocycles. The topological polar surface area (TPSA) is 207 Å². The van der Waals surface area contributed by atoms with Gasteiger partial charge in [0.05, 0.1) is 39.1 Å². The SMILES string of the molecule is N=N.NOC12CC3CC(CC(C3)C1)C2.O=C1c2ccccc2C(=O)N1O.O=C1c2ccccc2C(=O)N1OC12CC3CC(CC(C3)C1)C2.OC12CC3CC(CC(C3)C1)C2.[HH]. The minimum atomic E-state index is -0.657. The third kappa shape index (κ3) is 7.60. The fourth-order valence-electron chi connectivity index (χ4n) is 15.0. The van der Waals surface area contributed by atoms with Crippen molar-refractivity contribution in [1.82, 2.24) is 10.1 Å². The third-order valence-corrected chi connectivity index (χ3v) is 16.0. The molecule has 16 rings (SSSR count). The van der Waals surface area contributed by atoms with E-state index in [0.29, 0.717) is 11.1 Å². The highest BCUT2D eigenvalue weighted by Crippen LogP contribution is 2.59. The van der Waals surface area contributed by atoms with E-state index in [2.05, 4.69) is 0 Å². The molecule has 0 radical (unpaired) electrons. The summed E-state index contributed by atoms with van der Waals surface area (Å²) >= 11 is 0. The average Bonchev–Trinajstić information content (AvgIpc) is 3.57. The molecule has 12 saturated carbocycles. The normalized spacial score (nSPS) is 40.3. The highest BCUT2D eigenvalue weighted by atomic mass is 16.7. The monoisotopic (exact) mass is 811 g/mol. The van der Waals surface area contributed by atoms with Crippen molar-refractivity contribution in [1.29, 1.82) is 11.1 Å². The molecule has 318 valence electrons. The van der Waals surface area contributed by atoms with Crippen LogP contribution in [-0.4, -0.2) is 60.9 Å². The fraction of sp³-hybridized carbons (Fsp3) is 0.652. The highest BCUT2D eigenvalue weighted by molar-refractivity contribution is 6.21. The van der Waals surface area contributed by atoms with Crippen molar-refractivity contribution in [3.63, 3.8) is 0 Å². The van der Waals surface area contributed by atoms with E-state index in [-0.39, 0.29) is 46.2 Å². The van der Waals surface area contributed by atoms with Gasteiger partial charge in [0.15, 0.2) is 0 Å². The lowest BCUT2D eigenvalue weighted by atomic mass is 9.54. The lowest BCUT2D eigenvalue weighted by Crippen LogP contribution is -2.55. The van der Waals surface area contributed by atoms with Gasteiger partial charge in [-0.25, -0.2) is 17.0 Å². The molecule has 14 aliphatic rings. The molecule has 12 fully saturated rings. The van der Waals surface area contributed by atoms with Gasteiger partial charge in [0.1, 0.15) is 0 Å². The molecule has 2 aromatic rings. The molecule has 0 saturated heterocycles. The summed E-state index contributed by atoms with van der Waals surface area (Å²) in [6.45, 7) is 0. The average molecular weight is 812 g/mol. The smallest absolute Gasteiger partial charge is 0.285 e. The van der Waals surface area contributed by atoms with Crippen molar-refractivity contribution in [3.8, 4) is 0 Å². The van der Waals surface area contributed by atoms with E-state index in [1.807, 2.05) is 0 Å². The molecule has 4 amide bonds. The van der Waals surface area contributed by atoms with Gasteiger partial charge in [-0.2, -0.15) is 0 Å². The predicted molar refractivity (Wildman–Crippen MR) is 215 cm³/mol. The molecular weight excluding hydrogens is 751 g/mol. The summed E-state index contributed by atoms with van der Waals surface area (Å²) < 4.78 is 0. The first-order valence-electron chi connectivity index (χ1n) is 22.1. The standard InChI is InChI=1S/C18H19NO3.C10H17NO.C10H16O.C8H5NO3.H2N2.H2/c20-16-14-3-1-2-4-15(14)17(21)19(16)22-18-8-11-5-12(9-18)7-13(6-11)10-18;11-12-10-4-7-1-8(5-10)3-9(2-7)6-10;11-10-4-7-1-8(5-10)3-9(2-7)6-10;10-7-5-3-1-2-4-6(5)8(11)9(7)12;1-2;/h1-4,11-13H,5-10H2;7-9H,1-6,11H2;7-9,11H,1-6H2;1-4,12H;1-2H;1H. The van der Waals surface area contributed by atoms with Gasteiger partial charge in [-0.05, 0) is 193 Å². The number of benzene rings is 2. The Hall–Kier alpha value is -3.88. The Morgan fingerprint density at radius 1 is 0.508 bits per heavy atom. The zero-order valence-electron chi connectivity index (χ0n) is 33.9. The van der Waals surface area contributed by atoms with Crippen LogP contribution < -0.4 is 5.90 Å². The van der Waals surface area contributed by atoms with E-state index >= 15 is 0 Å². The number of aliphatic hydroxyl groups is 1. The van der Waals surface area contributed by atoms with Crippen LogP contribution in [0.4, 0.5) is 0 Å². The number of nitrogens with zero attached hydrogens (tertiary/aromatic N) is 2. The number of fused-ring (bicyclic) bond motifs is 2. The number of nitrogens with two attached hydrogens (primary N) is 1. The summed E-state index contributed by atoms with van der Waals surface area (Å²) in [4.78, 5) is 58.6. The summed E-state index contributed by atoms with van der Waals surface area (Å²) in [6.07, 6.45) is 22.7. The summed E-state index contributed by atoms with van der Waals surface area (Å²) in [5.41, 5.74) is 11.1. The van der Waals surface area contributed by atoms with Crippen LogP contribution in [0.15, 0.2) is 48.5 Å². The molecule has 0 atom stereocenters. The van der Waals surface area contributed by atoms with Crippen LogP contribution >= 0.6 is 0 Å². The molecule has 0 unspecified atom stereocenters. The van der Waals surface area contributed by atoms with Gasteiger partial charge < -0.3 is 5.11 Å². The number of carbonyl (C=O) groups is 4. The van der Waals surface area contributed by atoms with E-state index in [1.54, 1.807) is 36.4 Å². The quantitative estimate of drug-likeness (QED) is 0.0870. The Balaban J connectivity index is 0.000000114. The van der Waals surface area contributed by atoms with Crippen LogP contribution in [0.2, 0.25) is 0 Å². The first-order chi connectivity index (χ1) is 28.4. The second kappa shape index (κ2) is 15.5. The number of amides is 4. The number of hydroxylamine groups is 4. The lowest BCUT2D eigenvalue weighted by Gasteiger charge is -2.56. The predicted octanol–water partition coefficient (Wildman–Crippen LogP) is 8.49. The Bertz CT molecular complexity index is 1820. The Morgan fingerprint density at radius 2 is 0.780 bits per heavy atom. The summed E-state index contributed by atoms with van der Waals surface area (Å²) in [7, 11) is 0. The molecule has 13 heteroatoms. The number of imide groups is 2. The lowest BCUT2D eigenvalue weighted by molar-refractivity contribution is -0.246. The van der Waals surface area contributed by atoms with Crippen molar-refractivity contribution >= 4 is 23.6 Å². The van der Waals surface area contributed by atoms with Gasteiger partial charge in [0.25, 0.3) is 23.6 Å². The Labute approximate surface area is 347 Å². The van der Waals surface area contributed by atoms with E-state index < -0.39 is 11.8 Å². The number of hydrogen-bond donors (Lipinski definition) is 5. The number of rotatable bonds is 3. The molecule has 13 nitrogen and oxygen atoms in total. The molecule has 0 aromatic heterocycles. The van der Waals surface area contributed by atoms with Gasteiger partial charge in [-0.3, -0.25) is 34.1 Å². The van der Waals surface area contributed by atoms with Crippen LogP contribution in [0.1, 0.15) is 158 Å². The molecule has 6 N–H and O–H groups in total. The van der Waals surface area contributed by atoms with E-state index in [4.69, 9.17) is 31.8 Å². The van der Waals surface area contributed by atoms with Crippen molar-refractivity contribution in [2.45, 2.75) is 132 Å². The maximum atomic E-state index is 12.5. The maximum Gasteiger partial charge on any atom is 0.285 e. The number of hydrogen-bond acceptors (Lipinski definition) is 11. The van der Waals surface area contributed by atoms with Crippen LogP contribution in [-0.2, 0) is 9.68 Å². The number of nitrogens with one attached hydrogen (secondary N) is 2. The van der Waals surface area contributed by atoms with Crippen LogP contribution in [0, 0.1) is 64.3 Å². The second-order valence-electron chi connectivity index (χ2n) is 20.5. The van der Waals surface area contributed by atoms with Crippen molar-refractivity contribution in [2.24, 2.45) is 59.2 Å². The maximum absolute atomic E-state index is 12.5. The molecule has 12 aliphatic carbocycles. The van der Waals surface area contributed by atoms with Crippen LogP contribution in [0.5, 0.6) is 0 Å². The summed E-state index contributed by atoms with van der Waals surface area (Å²) in [5, 5.41) is 20.2. The van der Waals surface area contributed by atoms with Crippen LogP contribution in [0.3, 0.4) is 0 Å². The van der Waals surface area contributed by atoms with Gasteiger partial charge in [-0.15, -0.1) is 10.1 Å². The zero-order chi connectivity index (χ0) is 41.3. The zero-order valence-corrected chi connectivity index (χ0v) is 33.9.